The number of methoxy groups -OCH3 is 1. The summed E-state index contributed by atoms with van der Waals surface area (Å²) in [4.78, 5) is 0. The highest BCUT2D eigenvalue weighted by molar-refractivity contribution is 9.10. The summed E-state index contributed by atoms with van der Waals surface area (Å²) in [5.41, 5.74) is 2.39. The zero-order valence-corrected chi connectivity index (χ0v) is 13.0. The summed E-state index contributed by atoms with van der Waals surface area (Å²) in [6.07, 6.45) is 5.22. The topological polar surface area (TPSA) is 21.3 Å². The van der Waals surface area contributed by atoms with Crippen LogP contribution in [0.4, 0.5) is 5.69 Å². The first kappa shape index (κ1) is 13.7. The number of hydrogen-bond donors (Lipinski definition) is 1. The smallest absolute Gasteiger partial charge is 0.143 e. The van der Waals surface area contributed by atoms with Gasteiger partial charge in [-0.2, -0.15) is 0 Å². The molecule has 0 radical (unpaired) electrons. The number of benzene rings is 1. The van der Waals surface area contributed by atoms with E-state index in [4.69, 9.17) is 4.74 Å². The van der Waals surface area contributed by atoms with Gasteiger partial charge in [-0.3, -0.25) is 0 Å². The van der Waals surface area contributed by atoms with Gasteiger partial charge < -0.3 is 10.1 Å². The van der Waals surface area contributed by atoms with Crippen molar-refractivity contribution in [3.63, 3.8) is 0 Å². The summed E-state index contributed by atoms with van der Waals surface area (Å²) in [6.45, 7) is 4.42. The molecule has 0 spiro atoms. The fourth-order valence-electron chi connectivity index (χ4n) is 2.84. The van der Waals surface area contributed by atoms with Gasteiger partial charge in [-0.1, -0.05) is 29.3 Å². The molecule has 3 heteroatoms. The van der Waals surface area contributed by atoms with Gasteiger partial charge in [0.25, 0.3) is 0 Å². The lowest BCUT2D eigenvalue weighted by Gasteiger charge is -2.19. The van der Waals surface area contributed by atoms with Crippen molar-refractivity contribution >= 4 is 21.6 Å². The van der Waals surface area contributed by atoms with E-state index >= 15 is 0 Å². The van der Waals surface area contributed by atoms with Crippen LogP contribution in [0.15, 0.2) is 16.6 Å². The van der Waals surface area contributed by atoms with Crippen LogP contribution in [0.25, 0.3) is 0 Å². The van der Waals surface area contributed by atoms with Crippen LogP contribution in [0, 0.1) is 12.8 Å². The van der Waals surface area contributed by atoms with E-state index in [9.17, 15) is 0 Å². The van der Waals surface area contributed by atoms with Crippen LogP contribution in [-0.2, 0) is 0 Å². The van der Waals surface area contributed by atoms with Crippen LogP contribution < -0.4 is 10.1 Å². The lowest BCUT2D eigenvalue weighted by molar-refractivity contribution is 0.415. The van der Waals surface area contributed by atoms with Gasteiger partial charge in [0.15, 0.2) is 0 Å². The van der Waals surface area contributed by atoms with E-state index < -0.39 is 0 Å². The lowest BCUT2D eigenvalue weighted by atomic mass is 10.1. The summed E-state index contributed by atoms with van der Waals surface area (Å²) < 4.78 is 6.55. The van der Waals surface area contributed by atoms with Gasteiger partial charge in [0, 0.05) is 10.5 Å². The first-order valence-electron chi connectivity index (χ1n) is 6.74. The molecule has 0 saturated heterocycles. The van der Waals surface area contributed by atoms with Gasteiger partial charge in [-0.05, 0) is 49.8 Å². The van der Waals surface area contributed by atoms with Crippen LogP contribution in [-0.4, -0.2) is 13.2 Å². The Balaban J connectivity index is 2.14. The molecule has 1 saturated carbocycles. The summed E-state index contributed by atoms with van der Waals surface area (Å²) in [5.74, 6) is 1.83. The Hall–Kier alpha value is -0.700. The van der Waals surface area contributed by atoms with Crippen molar-refractivity contribution in [2.24, 2.45) is 5.92 Å². The maximum atomic E-state index is 5.48. The molecule has 0 bridgehead atoms. The maximum absolute atomic E-state index is 5.48. The highest BCUT2D eigenvalue weighted by Crippen LogP contribution is 2.36. The molecule has 100 valence electrons. The number of ether oxygens (including phenoxy) is 1. The fraction of sp³-hybridized carbons (Fsp3) is 0.600. The summed E-state index contributed by atoms with van der Waals surface area (Å²) >= 11 is 3.51. The standard InChI is InChI=1S/C15H22BrNO/c1-4-11-5-6-13(8-11)17-15-10(2)7-12(16)9-14(15)18-3/h7,9,11,13,17H,4-6,8H2,1-3H3. The second-order valence-electron chi connectivity index (χ2n) is 5.23. The van der Waals surface area contributed by atoms with Crippen LogP contribution in [0.1, 0.15) is 38.2 Å². The third kappa shape index (κ3) is 3.00. The highest BCUT2D eigenvalue weighted by atomic mass is 79.9. The Kier molecular flexibility index (Phi) is 4.55. The fourth-order valence-corrected chi connectivity index (χ4v) is 3.39. The first-order valence-corrected chi connectivity index (χ1v) is 7.54. The van der Waals surface area contributed by atoms with Crippen LogP contribution >= 0.6 is 15.9 Å². The van der Waals surface area contributed by atoms with E-state index in [-0.39, 0.29) is 0 Å². The predicted molar refractivity (Wildman–Crippen MR) is 80.5 cm³/mol. The van der Waals surface area contributed by atoms with Gasteiger partial charge in [0.1, 0.15) is 5.75 Å². The zero-order chi connectivity index (χ0) is 13.1. The molecular formula is C15H22BrNO. The van der Waals surface area contributed by atoms with E-state index in [1.807, 2.05) is 6.07 Å². The Labute approximate surface area is 118 Å². The Morgan fingerprint density at radius 1 is 1.39 bits per heavy atom. The molecule has 1 aliphatic rings. The second kappa shape index (κ2) is 5.96. The molecule has 0 aliphatic heterocycles. The quantitative estimate of drug-likeness (QED) is 0.865. The number of nitrogens with one attached hydrogen (secondary N) is 1. The molecule has 2 atom stereocenters. The predicted octanol–water partition coefficient (Wildman–Crippen LogP) is 4.76. The van der Waals surface area contributed by atoms with E-state index in [0.29, 0.717) is 6.04 Å². The molecule has 0 heterocycles. The zero-order valence-electron chi connectivity index (χ0n) is 11.4. The lowest BCUT2D eigenvalue weighted by Crippen LogP contribution is -2.17. The molecule has 18 heavy (non-hydrogen) atoms. The average Bonchev–Trinajstić information content (AvgIpc) is 2.80. The van der Waals surface area contributed by atoms with Crippen molar-refractivity contribution in [1.82, 2.24) is 0 Å². The van der Waals surface area contributed by atoms with Crippen molar-refractivity contribution in [3.8, 4) is 5.75 Å². The molecule has 0 aromatic heterocycles. The Morgan fingerprint density at radius 2 is 2.17 bits per heavy atom. The summed E-state index contributed by atoms with van der Waals surface area (Å²) in [5, 5.41) is 3.67. The highest BCUT2D eigenvalue weighted by Gasteiger charge is 2.24. The van der Waals surface area contributed by atoms with Gasteiger partial charge in [0.2, 0.25) is 0 Å². The number of anilines is 1. The van der Waals surface area contributed by atoms with Gasteiger partial charge in [-0.15, -0.1) is 0 Å². The van der Waals surface area contributed by atoms with E-state index in [1.165, 1.54) is 31.2 Å². The van der Waals surface area contributed by atoms with Gasteiger partial charge >= 0.3 is 0 Å². The summed E-state index contributed by atoms with van der Waals surface area (Å²) in [7, 11) is 1.73. The molecule has 1 aromatic rings. The second-order valence-corrected chi connectivity index (χ2v) is 6.14. The first-order chi connectivity index (χ1) is 8.63. The number of aryl methyl sites for hydroxylation is 1. The minimum atomic E-state index is 0.601. The van der Waals surface area contributed by atoms with Crippen LogP contribution in [0.3, 0.4) is 0 Å². The minimum Gasteiger partial charge on any atom is -0.495 e. The van der Waals surface area contributed by atoms with Gasteiger partial charge in [0.05, 0.1) is 12.8 Å². The third-order valence-corrected chi connectivity index (χ3v) is 4.41. The molecule has 1 N–H and O–H groups in total. The molecule has 1 aliphatic carbocycles. The van der Waals surface area contributed by atoms with Crippen molar-refractivity contribution < 1.29 is 4.74 Å². The Morgan fingerprint density at radius 3 is 2.78 bits per heavy atom. The average molecular weight is 312 g/mol. The Bertz CT molecular complexity index is 419. The van der Waals surface area contributed by atoms with Crippen molar-refractivity contribution in [2.75, 3.05) is 12.4 Å². The monoisotopic (exact) mass is 311 g/mol. The normalized spacial score (nSPS) is 23.1. The number of rotatable bonds is 4. The molecule has 2 unspecified atom stereocenters. The molecular weight excluding hydrogens is 290 g/mol. The van der Waals surface area contributed by atoms with Crippen molar-refractivity contribution in [2.45, 2.75) is 45.6 Å². The molecule has 1 aromatic carbocycles. The SMILES string of the molecule is CCC1CCC(Nc2c(C)cc(Br)cc2OC)C1. The molecule has 2 nitrogen and oxygen atoms in total. The third-order valence-electron chi connectivity index (χ3n) is 3.95. The number of hydrogen-bond acceptors (Lipinski definition) is 2. The van der Waals surface area contributed by atoms with Crippen LogP contribution in [0.5, 0.6) is 5.75 Å². The van der Waals surface area contributed by atoms with E-state index in [2.05, 4.69) is 41.2 Å². The van der Waals surface area contributed by atoms with E-state index in [0.717, 1.165) is 21.8 Å². The van der Waals surface area contributed by atoms with Crippen molar-refractivity contribution in [1.29, 1.82) is 0 Å². The molecule has 0 amide bonds. The largest absolute Gasteiger partial charge is 0.495 e. The maximum Gasteiger partial charge on any atom is 0.143 e. The van der Waals surface area contributed by atoms with Crippen LogP contribution in [0.2, 0.25) is 0 Å². The summed E-state index contributed by atoms with van der Waals surface area (Å²) in [6, 6.07) is 4.77. The molecule has 2 rings (SSSR count). The number of halogens is 1. The molecule has 1 fully saturated rings. The van der Waals surface area contributed by atoms with Gasteiger partial charge in [-0.25, -0.2) is 0 Å². The minimum absolute atomic E-state index is 0.601. The van der Waals surface area contributed by atoms with E-state index in [1.54, 1.807) is 7.11 Å². The van der Waals surface area contributed by atoms with Crippen molar-refractivity contribution in [3.05, 3.63) is 22.2 Å².